The molecule has 1 aliphatic heterocycles. The first-order valence-corrected chi connectivity index (χ1v) is 6.65. The molecule has 1 heterocycles. The second-order valence-electron chi connectivity index (χ2n) is 3.78. The first kappa shape index (κ1) is 14.3. The van der Waals surface area contributed by atoms with Crippen LogP contribution in [-0.4, -0.2) is 65.7 Å². The maximum atomic E-state index is 11.8. The second kappa shape index (κ2) is 7.52. The maximum absolute atomic E-state index is 11.8. The molecule has 0 bridgehead atoms. The lowest BCUT2D eigenvalue weighted by molar-refractivity contribution is -0.139. The van der Waals surface area contributed by atoms with Crippen molar-refractivity contribution >= 4 is 23.6 Å². The number of morpholine rings is 1. The van der Waals surface area contributed by atoms with Crippen LogP contribution >= 0.6 is 11.8 Å². The van der Waals surface area contributed by atoms with Gasteiger partial charge in [-0.1, -0.05) is 0 Å². The highest BCUT2D eigenvalue weighted by Gasteiger charge is 2.23. The number of rotatable bonds is 6. The molecule has 2 amide bonds. The van der Waals surface area contributed by atoms with Crippen LogP contribution < -0.4 is 5.73 Å². The zero-order valence-corrected chi connectivity index (χ0v) is 10.4. The fourth-order valence-corrected chi connectivity index (χ4v) is 2.21. The number of ether oxygens (including phenoxy) is 1. The number of primary amides is 1. The van der Waals surface area contributed by atoms with E-state index < -0.39 is 0 Å². The number of carbonyl (C=O) groups excluding carboxylic acids is 2. The van der Waals surface area contributed by atoms with Crippen molar-refractivity contribution in [3.63, 3.8) is 0 Å². The van der Waals surface area contributed by atoms with Gasteiger partial charge < -0.3 is 20.5 Å². The highest BCUT2D eigenvalue weighted by atomic mass is 32.2. The van der Waals surface area contributed by atoms with E-state index in [9.17, 15) is 9.59 Å². The third-order valence-corrected chi connectivity index (χ3v) is 3.38. The molecule has 17 heavy (non-hydrogen) atoms. The van der Waals surface area contributed by atoms with E-state index in [4.69, 9.17) is 15.6 Å². The van der Waals surface area contributed by atoms with Gasteiger partial charge in [0, 0.05) is 25.3 Å². The molecular formula is C10H18N2O4S. The smallest absolute Gasteiger partial charge is 0.227 e. The molecule has 1 saturated heterocycles. The quantitative estimate of drug-likeness (QED) is 0.587. The summed E-state index contributed by atoms with van der Waals surface area (Å²) in [5.41, 5.74) is 4.99. The van der Waals surface area contributed by atoms with Gasteiger partial charge in [0.15, 0.2) is 0 Å². The van der Waals surface area contributed by atoms with Crippen molar-refractivity contribution < 1.29 is 19.4 Å². The normalized spacial score (nSPS) is 20.3. The number of nitrogens with two attached hydrogens (primary N) is 1. The minimum Gasteiger partial charge on any atom is -0.394 e. The van der Waals surface area contributed by atoms with E-state index in [1.54, 1.807) is 4.90 Å². The van der Waals surface area contributed by atoms with Gasteiger partial charge in [0.2, 0.25) is 11.8 Å². The highest BCUT2D eigenvalue weighted by molar-refractivity contribution is 7.99. The Morgan fingerprint density at radius 3 is 2.94 bits per heavy atom. The summed E-state index contributed by atoms with van der Waals surface area (Å²) in [6.45, 7) is 1.40. The molecule has 0 aromatic carbocycles. The topological polar surface area (TPSA) is 92.9 Å². The lowest BCUT2D eigenvalue weighted by Gasteiger charge is -2.32. The SMILES string of the molecule is NC(=O)CSCCC(=O)N1CCOC(CO)C1. The predicted octanol–water partition coefficient (Wildman–Crippen LogP) is -1.19. The van der Waals surface area contributed by atoms with Crippen LogP contribution in [0.3, 0.4) is 0 Å². The second-order valence-corrected chi connectivity index (χ2v) is 4.89. The molecule has 0 saturated carbocycles. The fraction of sp³-hybridized carbons (Fsp3) is 0.800. The van der Waals surface area contributed by atoms with E-state index in [0.29, 0.717) is 31.9 Å². The van der Waals surface area contributed by atoms with Crippen LogP contribution in [0.1, 0.15) is 6.42 Å². The lowest BCUT2D eigenvalue weighted by Crippen LogP contribution is -2.47. The zero-order chi connectivity index (χ0) is 12.7. The lowest BCUT2D eigenvalue weighted by atomic mass is 10.2. The summed E-state index contributed by atoms with van der Waals surface area (Å²) >= 11 is 1.36. The van der Waals surface area contributed by atoms with Gasteiger partial charge in [-0.05, 0) is 0 Å². The van der Waals surface area contributed by atoms with E-state index in [2.05, 4.69) is 0 Å². The number of hydrogen-bond donors (Lipinski definition) is 2. The van der Waals surface area contributed by atoms with Crippen LogP contribution in [0, 0.1) is 0 Å². The van der Waals surface area contributed by atoms with Crippen LogP contribution in [0.5, 0.6) is 0 Å². The Morgan fingerprint density at radius 1 is 1.53 bits per heavy atom. The number of thioether (sulfide) groups is 1. The molecule has 1 fully saturated rings. The molecule has 3 N–H and O–H groups in total. The molecule has 98 valence electrons. The summed E-state index contributed by atoms with van der Waals surface area (Å²) in [6.07, 6.45) is 0.113. The van der Waals surface area contributed by atoms with E-state index in [1.807, 2.05) is 0 Å². The number of aliphatic hydroxyl groups is 1. The Kier molecular flexibility index (Phi) is 6.31. The first-order chi connectivity index (χ1) is 8.13. The van der Waals surface area contributed by atoms with Gasteiger partial charge >= 0.3 is 0 Å². The van der Waals surface area contributed by atoms with Gasteiger partial charge in [-0.3, -0.25) is 9.59 Å². The molecule has 6 nitrogen and oxygen atoms in total. The number of hydrogen-bond acceptors (Lipinski definition) is 5. The van der Waals surface area contributed by atoms with Crippen molar-refractivity contribution in [1.82, 2.24) is 4.90 Å². The van der Waals surface area contributed by atoms with Crippen molar-refractivity contribution in [2.24, 2.45) is 5.73 Å². The van der Waals surface area contributed by atoms with Crippen LogP contribution in [0.15, 0.2) is 0 Å². The van der Waals surface area contributed by atoms with Crippen LogP contribution in [0.25, 0.3) is 0 Å². The Hall–Kier alpha value is -0.790. The van der Waals surface area contributed by atoms with Crippen LogP contribution in [-0.2, 0) is 14.3 Å². The van der Waals surface area contributed by atoms with E-state index in [0.717, 1.165) is 0 Å². The Labute approximate surface area is 104 Å². The zero-order valence-electron chi connectivity index (χ0n) is 9.63. The first-order valence-electron chi connectivity index (χ1n) is 5.49. The number of carbonyl (C=O) groups is 2. The van der Waals surface area contributed by atoms with Crippen molar-refractivity contribution in [1.29, 1.82) is 0 Å². The van der Waals surface area contributed by atoms with E-state index in [-0.39, 0.29) is 30.3 Å². The molecule has 7 heteroatoms. The number of amides is 2. The standard InChI is InChI=1S/C10H18N2O4S/c11-9(14)7-17-4-1-10(15)12-2-3-16-8(5-12)6-13/h8,13H,1-7H2,(H2,11,14). The van der Waals surface area contributed by atoms with Gasteiger partial charge in [-0.2, -0.15) is 11.8 Å². The van der Waals surface area contributed by atoms with Gasteiger partial charge in [-0.25, -0.2) is 0 Å². The summed E-state index contributed by atoms with van der Waals surface area (Å²) in [5.74, 6) is 0.497. The van der Waals surface area contributed by atoms with Crippen molar-refractivity contribution in [3.8, 4) is 0 Å². The largest absolute Gasteiger partial charge is 0.394 e. The molecule has 1 aliphatic rings. The third-order valence-electron chi connectivity index (χ3n) is 2.40. The van der Waals surface area contributed by atoms with Gasteiger partial charge in [-0.15, -0.1) is 0 Å². The number of nitrogens with zero attached hydrogens (tertiary/aromatic N) is 1. The maximum Gasteiger partial charge on any atom is 0.227 e. The Morgan fingerprint density at radius 2 is 2.29 bits per heavy atom. The van der Waals surface area contributed by atoms with Crippen LogP contribution in [0.4, 0.5) is 0 Å². The predicted molar refractivity (Wildman–Crippen MR) is 64.5 cm³/mol. The summed E-state index contributed by atoms with van der Waals surface area (Å²) in [5, 5.41) is 8.95. The Bertz CT molecular complexity index is 275. The van der Waals surface area contributed by atoms with Gasteiger partial charge in [0.1, 0.15) is 0 Å². The molecule has 0 radical (unpaired) electrons. The minimum absolute atomic E-state index is 0.0312. The number of aliphatic hydroxyl groups excluding tert-OH is 1. The third kappa shape index (κ3) is 5.38. The van der Waals surface area contributed by atoms with Gasteiger partial charge in [0.25, 0.3) is 0 Å². The highest BCUT2D eigenvalue weighted by Crippen LogP contribution is 2.09. The van der Waals surface area contributed by atoms with Crippen molar-refractivity contribution in [2.75, 3.05) is 37.8 Å². The molecule has 0 aromatic rings. The average Bonchev–Trinajstić information content (AvgIpc) is 2.34. The summed E-state index contributed by atoms with van der Waals surface area (Å²) in [6, 6.07) is 0. The minimum atomic E-state index is -0.367. The van der Waals surface area contributed by atoms with Crippen LogP contribution in [0.2, 0.25) is 0 Å². The molecule has 0 aliphatic carbocycles. The van der Waals surface area contributed by atoms with E-state index in [1.165, 1.54) is 11.8 Å². The monoisotopic (exact) mass is 262 g/mol. The molecule has 1 rings (SSSR count). The molecule has 0 spiro atoms. The van der Waals surface area contributed by atoms with E-state index >= 15 is 0 Å². The van der Waals surface area contributed by atoms with Crippen molar-refractivity contribution in [3.05, 3.63) is 0 Å². The summed E-state index contributed by atoms with van der Waals surface area (Å²) in [4.78, 5) is 23.9. The molecule has 0 aromatic heterocycles. The summed E-state index contributed by atoms with van der Waals surface area (Å²) < 4.78 is 5.25. The van der Waals surface area contributed by atoms with Crippen molar-refractivity contribution in [2.45, 2.75) is 12.5 Å². The fourth-order valence-electron chi connectivity index (χ4n) is 1.55. The molecule has 1 unspecified atom stereocenters. The molecular weight excluding hydrogens is 244 g/mol. The Balaban J connectivity index is 2.20. The molecule has 1 atom stereocenters. The summed E-state index contributed by atoms with van der Waals surface area (Å²) in [7, 11) is 0. The average molecular weight is 262 g/mol. The van der Waals surface area contributed by atoms with Gasteiger partial charge in [0.05, 0.1) is 25.1 Å².